The van der Waals surface area contributed by atoms with Crippen molar-refractivity contribution in [1.29, 1.82) is 0 Å². The first-order chi connectivity index (χ1) is 17.9. The summed E-state index contributed by atoms with van der Waals surface area (Å²) >= 11 is 0. The molecule has 4 bridgehead atoms. The van der Waals surface area contributed by atoms with Crippen LogP contribution in [0.2, 0.25) is 0 Å². The summed E-state index contributed by atoms with van der Waals surface area (Å²) in [6, 6.07) is 0. The number of hydrogen-bond donors (Lipinski definition) is 0. The van der Waals surface area contributed by atoms with Gasteiger partial charge in [0.1, 0.15) is 0 Å². The first-order valence-electron chi connectivity index (χ1n) is 13.6. The number of fused-ring (bicyclic) bond motifs is 9. The molecule has 9 atom stereocenters. The van der Waals surface area contributed by atoms with Gasteiger partial charge in [-0.15, -0.1) is 0 Å². The molecule has 0 aromatic carbocycles. The molecule has 0 saturated heterocycles. The molecule has 12 heteroatoms. The molecule has 0 aromatic rings. The second-order valence-electron chi connectivity index (χ2n) is 12.8. The first-order valence-corrected chi connectivity index (χ1v) is 13.6. The van der Waals surface area contributed by atoms with Gasteiger partial charge in [0.05, 0.1) is 18.4 Å². The zero-order valence-corrected chi connectivity index (χ0v) is 22.4. The molecule has 9 unspecified atom stereocenters. The van der Waals surface area contributed by atoms with Crippen LogP contribution in [0.25, 0.3) is 0 Å². The van der Waals surface area contributed by atoms with Gasteiger partial charge in [0.2, 0.25) is 0 Å². The minimum absolute atomic E-state index is 0.00826. The third-order valence-electron chi connectivity index (χ3n) is 10.4. The van der Waals surface area contributed by atoms with Crippen LogP contribution in [-0.2, 0) is 19.1 Å². The van der Waals surface area contributed by atoms with E-state index in [2.05, 4.69) is 18.6 Å². The van der Waals surface area contributed by atoms with Gasteiger partial charge in [-0.1, -0.05) is 27.7 Å². The summed E-state index contributed by atoms with van der Waals surface area (Å²) in [4.78, 5) is 26.2. The van der Waals surface area contributed by atoms with Crippen molar-refractivity contribution in [3.63, 3.8) is 0 Å². The Morgan fingerprint density at radius 2 is 1.51 bits per heavy atom. The van der Waals surface area contributed by atoms with Gasteiger partial charge in [-0.3, -0.25) is 9.59 Å². The molecule has 4 fully saturated rings. The van der Waals surface area contributed by atoms with Crippen LogP contribution in [0.4, 0.5) is 35.1 Å². The number of hydrogen-bond acceptors (Lipinski definition) is 4. The Bertz CT molecular complexity index is 956. The minimum Gasteiger partial charge on any atom is -0.466 e. The molecule has 0 aromatic heterocycles. The normalized spacial score (nSPS) is 37.6. The van der Waals surface area contributed by atoms with Crippen LogP contribution < -0.4 is 0 Å². The van der Waals surface area contributed by atoms with Crippen molar-refractivity contribution in [2.45, 2.75) is 84.0 Å². The van der Waals surface area contributed by atoms with Crippen LogP contribution in [0.3, 0.4) is 0 Å². The Morgan fingerprint density at radius 3 is 2.08 bits per heavy atom. The molecule has 0 spiro atoms. The highest BCUT2D eigenvalue weighted by Gasteiger charge is 2.76. The third kappa shape index (κ3) is 4.63. The van der Waals surface area contributed by atoms with Gasteiger partial charge in [0, 0.05) is 0 Å². The summed E-state index contributed by atoms with van der Waals surface area (Å²) in [6.45, 7) is 5.66. The van der Waals surface area contributed by atoms with E-state index >= 15 is 0 Å². The Morgan fingerprint density at radius 1 is 0.923 bits per heavy atom. The monoisotopic (exact) mass is 576 g/mol. The smallest absolute Gasteiger partial charge is 0.381 e. The fourth-order valence-corrected chi connectivity index (χ4v) is 8.41. The second-order valence-corrected chi connectivity index (χ2v) is 12.8. The Hall–Kier alpha value is -1.62. The van der Waals surface area contributed by atoms with Gasteiger partial charge in [-0.25, -0.2) is 8.78 Å². The summed E-state index contributed by atoms with van der Waals surface area (Å²) < 4.78 is 118. The third-order valence-corrected chi connectivity index (χ3v) is 10.4. The largest absolute Gasteiger partial charge is 0.466 e. The molecular formula is C27H36F8O4. The first kappa shape index (κ1) is 30.3. The Kier molecular flexibility index (Phi) is 7.80. The molecule has 224 valence electrons. The molecule has 4 saturated carbocycles. The molecule has 4 aliphatic rings. The molecule has 0 N–H and O–H groups in total. The zero-order chi connectivity index (χ0) is 29.3. The van der Waals surface area contributed by atoms with Gasteiger partial charge in [0.25, 0.3) is 0 Å². The van der Waals surface area contributed by atoms with Gasteiger partial charge in [-0.2, -0.15) is 26.3 Å². The van der Waals surface area contributed by atoms with Crippen molar-refractivity contribution in [3.8, 4) is 0 Å². The average Bonchev–Trinajstić information content (AvgIpc) is 3.56. The van der Waals surface area contributed by atoms with Gasteiger partial charge in [-0.05, 0) is 78.9 Å². The van der Waals surface area contributed by atoms with Crippen molar-refractivity contribution < 1.29 is 54.2 Å². The van der Waals surface area contributed by atoms with E-state index in [-0.39, 0.29) is 36.7 Å². The van der Waals surface area contributed by atoms with Crippen molar-refractivity contribution in [2.24, 2.45) is 58.7 Å². The molecule has 4 nitrogen and oxygen atoms in total. The maximum absolute atomic E-state index is 14.2. The fraction of sp³-hybridized carbons (Fsp3) is 0.926. The number of rotatable bonds is 11. The van der Waals surface area contributed by atoms with Crippen molar-refractivity contribution in [3.05, 3.63) is 0 Å². The summed E-state index contributed by atoms with van der Waals surface area (Å²) in [5.74, 6) is -19.2. The van der Waals surface area contributed by atoms with E-state index in [1.165, 1.54) is 0 Å². The number of carbonyl (C=O) groups excluding carboxylic acids is 2. The zero-order valence-electron chi connectivity index (χ0n) is 22.4. The lowest BCUT2D eigenvalue weighted by atomic mass is 9.56. The summed E-state index contributed by atoms with van der Waals surface area (Å²) in [7, 11) is 0. The number of esters is 2. The van der Waals surface area contributed by atoms with Gasteiger partial charge in [0.15, 0.2) is 6.61 Å². The molecule has 0 radical (unpaired) electrons. The highest BCUT2D eigenvalue weighted by molar-refractivity contribution is 5.84. The quantitative estimate of drug-likeness (QED) is 0.153. The number of halogens is 8. The lowest BCUT2D eigenvalue weighted by Crippen LogP contribution is -2.59. The van der Waals surface area contributed by atoms with Crippen LogP contribution in [-0.4, -0.2) is 49.3 Å². The Balaban J connectivity index is 1.56. The fourth-order valence-electron chi connectivity index (χ4n) is 8.41. The molecule has 4 aliphatic carbocycles. The maximum Gasteiger partial charge on any atom is 0.381 e. The highest BCUT2D eigenvalue weighted by Crippen LogP contribution is 2.74. The van der Waals surface area contributed by atoms with Gasteiger partial charge < -0.3 is 9.47 Å². The standard InChI is InChI=1S/C27H36F8O4/c1-12(2)5-6-38-19(36)10-24(23(37)39-11-25(30,31)27(34,35)26(32,33)22(28)29)9-15-7-18(24)21-17-8-16(20(15)21)13(3)14(17)4/h12-18,20-22H,5-11H2,1-4H3. The molecule has 0 amide bonds. The van der Waals surface area contributed by atoms with E-state index in [0.717, 1.165) is 6.42 Å². The number of carbonyl (C=O) groups is 2. The predicted octanol–water partition coefficient (Wildman–Crippen LogP) is 6.86. The maximum atomic E-state index is 14.2. The van der Waals surface area contributed by atoms with Crippen LogP contribution in [0.1, 0.15) is 59.8 Å². The minimum atomic E-state index is -6.48. The van der Waals surface area contributed by atoms with Crippen LogP contribution in [0.15, 0.2) is 0 Å². The average molecular weight is 577 g/mol. The van der Waals surface area contributed by atoms with Gasteiger partial charge >= 0.3 is 36.1 Å². The van der Waals surface area contributed by atoms with E-state index in [0.29, 0.717) is 36.5 Å². The van der Waals surface area contributed by atoms with Crippen LogP contribution >= 0.6 is 0 Å². The molecule has 0 heterocycles. The highest BCUT2D eigenvalue weighted by atomic mass is 19.4. The van der Waals surface area contributed by atoms with E-state index < -0.39 is 60.5 Å². The molecular weight excluding hydrogens is 540 g/mol. The van der Waals surface area contributed by atoms with E-state index in [9.17, 15) is 44.7 Å². The second kappa shape index (κ2) is 10.0. The summed E-state index contributed by atoms with van der Waals surface area (Å²) in [5, 5.41) is 0. The predicted molar refractivity (Wildman–Crippen MR) is 122 cm³/mol. The number of alkyl halides is 8. The SMILES string of the molecule is CC(C)CCOC(=O)CC1(C(=O)OCC(F)(F)C(F)(F)C(F)(F)C(F)F)CC2CC1C1C3CC(C(C)C3C)C21. The lowest BCUT2D eigenvalue weighted by Gasteiger charge is -2.47. The van der Waals surface area contributed by atoms with E-state index in [1.807, 2.05) is 13.8 Å². The Labute approximate surface area is 222 Å². The van der Waals surface area contributed by atoms with Crippen molar-refractivity contribution >= 4 is 11.9 Å². The lowest BCUT2D eigenvalue weighted by molar-refractivity contribution is -0.344. The number of ether oxygens (including phenoxy) is 2. The molecule has 4 rings (SSSR count). The van der Waals surface area contributed by atoms with E-state index in [4.69, 9.17) is 4.74 Å². The molecule has 39 heavy (non-hydrogen) atoms. The molecule has 0 aliphatic heterocycles. The van der Waals surface area contributed by atoms with Crippen molar-refractivity contribution in [1.82, 2.24) is 0 Å². The topological polar surface area (TPSA) is 52.6 Å². The summed E-state index contributed by atoms with van der Waals surface area (Å²) in [6.07, 6.45) is -3.45. The van der Waals surface area contributed by atoms with Crippen LogP contribution in [0.5, 0.6) is 0 Å². The van der Waals surface area contributed by atoms with Crippen LogP contribution in [0, 0.1) is 58.7 Å². The van der Waals surface area contributed by atoms with Crippen molar-refractivity contribution in [2.75, 3.05) is 13.2 Å². The summed E-state index contributed by atoms with van der Waals surface area (Å²) in [5.41, 5.74) is -1.63. The van der Waals surface area contributed by atoms with E-state index in [1.54, 1.807) is 0 Å².